The van der Waals surface area contributed by atoms with Crippen molar-refractivity contribution in [2.45, 2.75) is 77.0 Å². The average molecular weight is 732 g/mol. The molecular weight excluding hydrogens is 689 g/mol. The second kappa shape index (κ2) is 16.7. The SMILES string of the molecule is CCC(C)(C)c1ccc(OCC(=O)Nc2cc(Oc3ccc(/N=N/c4ccc(S(=O)(=O)O)cc4)cc3)c(C)c(Cl)c2O)c(C(C)(C)CC)c1.[NaH]. The van der Waals surface area contributed by atoms with E-state index in [0.717, 1.165) is 18.4 Å². The van der Waals surface area contributed by atoms with E-state index in [2.05, 4.69) is 63.2 Å². The maximum atomic E-state index is 13.1. The fraction of sp³-hybridized carbons (Fsp3) is 0.324. The Bertz CT molecular complexity index is 1960. The fourth-order valence-electron chi connectivity index (χ4n) is 4.75. The number of anilines is 1. The van der Waals surface area contributed by atoms with Crippen LogP contribution in [0.1, 0.15) is 71.1 Å². The zero-order valence-corrected chi connectivity index (χ0v) is 30.2. The third-order valence-corrected chi connectivity index (χ3v) is 10.1. The number of aromatic hydroxyl groups is 1. The van der Waals surface area contributed by atoms with Gasteiger partial charge in [0, 0.05) is 17.2 Å². The summed E-state index contributed by atoms with van der Waals surface area (Å²) < 4.78 is 43.6. The molecule has 10 nitrogen and oxygen atoms in total. The number of nitrogens with zero attached hydrogens (tertiary/aromatic N) is 2. The Morgan fingerprint density at radius 3 is 1.96 bits per heavy atom. The molecule has 0 heterocycles. The van der Waals surface area contributed by atoms with Gasteiger partial charge in [0.15, 0.2) is 12.4 Å². The Morgan fingerprint density at radius 1 is 0.860 bits per heavy atom. The van der Waals surface area contributed by atoms with Gasteiger partial charge in [-0.1, -0.05) is 65.3 Å². The topological polar surface area (TPSA) is 147 Å². The first kappa shape index (κ1) is 41.0. The summed E-state index contributed by atoms with van der Waals surface area (Å²) in [6.07, 6.45) is 1.86. The third-order valence-electron chi connectivity index (χ3n) is 8.81. The molecule has 0 spiro atoms. The van der Waals surface area contributed by atoms with Gasteiger partial charge < -0.3 is 19.9 Å². The van der Waals surface area contributed by atoms with Gasteiger partial charge in [-0.2, -0.15) is 18.6 Å². The van der Waals surface area contributed by atoms with Gasteiger partial charge in [0.2, 0.25) is 0 Å². The summed E-state index contributed by atoms with van der Waals surface area (Å²) in [5.74, 6) is 0.600. The number of phenolic OH excluding ortho intramolecular Hbond substituents is 1. The van der Waals surface area contributed by atoms with Gasteiger partial charge in [0.05, 0.1) is 27.0 Å². The maximum absolute atomic E-state index is 13.1. The molecular formula is C37H43ClN3NaO7S. The molecule has 0 aliphatic rings. The summed E-state index contributed by atoms with van der Waals surface area (Å²) in [4.78, 5) is 12.8. The van der Waals surface area contributed by atoms with Gasteiger partial charge in [-0.15, -0.1) is 0 Å². The molecule has 0 fully saturated rings. The van der Waals surface area contributed by atoms with Crippen LogP contribution in [0, 0.1) is 6.92 Å². The van der Waals surface area contributed by atoms with Crippen molar-refractivity contribution in [3.05, 3.63) is 94.5 Å². The van der Waals surface area contributed by atoms with Gasteiger partial charge >= 0.3 is 29.6 Å². The van der Waals surface area contributed by atoms with Crippen LogP contribution in [-0.2, 0) is 25.7 Å². The zero-order valence-electron chi connectivity index (χ0n) is 28.7. The van der Waals surface area contributed by atoms with Crippen LogP contribution in [0.3, 0.4) is 0 Å². The predicted octanol–water partition coefficient (Wildman–Crippen LogP) is 9.55. The van der Waals surface area contributed by atoms with Crippen molar-refractivity contribution in [3.63, 3.8) is 0 Å². The summed E-state index contributed by atoms with van der Waals surface area (Å²) >= 11 is 6.43. The Hall–Kier alpha value is -3.45. The molecule has 0 saturated carbocycles. The standard InChI is InChI=1S/C37H42ClN3O7S.Na.H/c1-8-36(4,5)24-10-19-31(29(20-24)37(6,7)9-2)47-22-33(42)39-30-21-32(23(3)34(38)35(30)43)48-27-15-11-25(12-16-27)40-41-26-13-17-28(18-14-26)49(44,45)46;;/h10-21,43H,8-9,22H2,1-7H3,(H,39,42)(H,44,45,46);;/b41-40+;;. The fourth-order valence-corrected chi connectivity index (χ4v) is 5.43. The molecule has 0 atom stereocenters. The molecule has 0 aromatic heterocycles. The van der Waals surface area contributed by atoms with Gasteiger partial charge in [-0.05, 0) is 90.8 Å². The minimum absolute atomic E-state index is 0. The number of hydrogen-bond donors (Lipinski definition) is 3. The molecule has 0 radical (unpaired) electrons. The number of hydrogen-bond acceptors (Lipinski definition) is 8. The van der Waals surface area contributed by atoms with Crippen LogP contribution in [-0.4, -0.2) is 60.1 Å². The molecule has 0 aliphatic carbocycles. The van der Waals surface area contributed by atoms with E-state index < -0.39 is 16.0 Å². The monoisotopic (exact) mass is 731 g/mol. The molecule has 0 aliphatic heterocycles. The van der Waals surface area contributed by atoms with E-state index in [4.69, 9.17) is 25.6 Å². The molecule has 0 unspecified atom stereocenters. The van der Waals surface area contributed by atoms with Gasteiger partial charge in [0.1, 0.15) is 17.2 Å². The number of ether oxygens (including phenoxy) is 2. The van der Waals surface area contributed by atoms with Crippen molar-refractivity contribution in [1.82, 2.24) is 0 Å². The van der Waals surface area contributed by atoms with E-state index in [1.54, 1.807) is 31.2 Å². The normalized spacial score (nSPS) is 12.0. The Kier molecular flexibility index (Phi) is 13.7. The van der Waals surface area contributed by atoms with Crippen LogP contribution in [0.15, 0.2) is 87.9 Å². The number of azo groups is 1. The zero-order chi connectivity index (χ0) is 36.1. The first-order valence-electron chi connectivity index (χ1n) is 15.8. The van der Waals surface area contributed by atoms with E-state index in [9.17, 15) is 18.3 Å². The van der Waals surface area contributed by atoms with Crippen molar-refractivity contribution in [3.8, 4) is 23.0 Å². The molecule has 0 bridgehead atoms. The van der Waals surface area contributed by atoms with Gasteiger partial charge in [0.25, 0.3) is 16.0 Å². The second-order valence-corrected chi connectivity index (χ2v) is 14.8. The average Bonchev–Trinajstić information content (AvgIpc) is 3.07. The van der Waals surface area contributed by atoms with Crippen LogP contribution < -0.4 is 14.8 Å². The quantitative estimate of drug-likeness (QED) is 0.0537. The van der Waals surface area contributed by atoms with E-state index in [1.807, 2.05) is 12.1 Å². The predicted molar refractivity (Wildman–Crippen MR) is 199 cm³/mol. The molecule has 1 amide bonds. The number of amides is 1. The summed E-state index contributed by atoms with van der Waals surface area (Å²) in [5, 5.41) is 21.7. The van der Waals surface area contributed by atoms with Gasteiger partial charge in [-0.3, -0.25) is 9.35 Å². The third kappa shape index (κ3) is 10.1. The Labute approximate surface area is 321 Å². The number of halogens is 1. The van der Waals surface area contributed by atoms with Crippen molar-refractivity contribution in [2.24, 2.45) is 10.2 Å². The summed E-state index contributed by atoms with van der Waals surface area (Å²) in [7, 11) is -4.30. The first-order valence-corrected chi connectivity index (χ1v) is 17.6. The number of phenols is 1. The first-order chi connectivity index (χ1) is 22.9. The van der Waals surface area contributed by atoms with Crippen molar-refractivity contribution in [1.29, 1.82) is 0 Å². The van der Waals surface area contributed by atoms with Crippen molar-refractivity contribution >= 4 is 74.2 Å². The summed E-state index contributed by atoms with van der Waals surface area (Å²) in [5.41, 5.74) is 3.47. The molecule has 0 saturated heterocycles. The van der Waals surface area contributed by atoms with E-state index in [0.29, 0.717) is 34.2 Å². The molecule has 3 N–H and O–H groups in total. The van der Waals surface area contributed by atoms with Gasteiger partial charge in [-0.25, -0.2) is 0 Å². The van der Waals surface area contributed by atoms with E-state index in [-0.39, 0.29) is 68.3 Å². The molecule has 4 rings (SSSR count). The van der Waals surface area contributed by atoms with E-state index >= 15 is 0 Å². The second-order valence-electron chi connectivity index (χ2n) is 13.0. The number of benzene rings is 4. The molecule has 13 heteroatoms. The number of carbonyl (C=O) groups is 1. The number of carbonyl (C=O) groups excluding carboxylic acids is 1. The molecule has 4 aromatic carbocycles. The van der Waals surface area contributed by atoms with E-state index in [1.165, 1.54) is 35.9 Å². The molecule has 262 valence electrons. The molecule has 50 heavy (non-hydrogen) atoms. The molecule has 4 aromatic rings. The summed E-state index contributed by atoms with van der Waals surface area (Å²) in [6, 6.07) is 19.6. The Balaban J connectivity index is 0.00000676. The van der Waals surface area contributed by atoms with Crippen LogP contribution in [0.25, 0.3) is 0 Å². The van der Waals surface area contributed by atoms with Crippen molar-refractivity contribution in [2.75, 3.05) is 11.9 Å². The number of nitrogens with one attached hydrogen (secondary N) is 1. The van der Waals surface area contributed by atoms with Crippen molar-refractivity contribution < 1.29 is 32.3 Å². The van der Waals surface area contributed by atoms with Crippen LogP contribution in [0.2, 0.25) is 5.02 Å². The number of rotatable bonds is 13. The minimum atomic E-state index is -4.30. The van der Waals surface area contributed by atoms with Crippen LogP contribution in [0.4, 0.5) is 17.1 Å². The van der Waals surface area contributed by atoms with Crippen LogP contribution in [0.5, 0.6) is 23.0 Å². The Morgan fingerprint density at radius 2 is 1.42 bits per heavy atom. The van der Waals surface area contributed by atoms with Crippen LogP contribution >= 0.6 is 11.6 Å². The summed E-state index contributed by atoms with van der Waals surface area (Å²) in [6.45, 7) is 14.4.